The van der Waals surface area contributed by atoms with Crippen molar-refractivity contribution in [2.45, 2.75) is 52.5 Å². The highest BCUT2D eigenvalue weighted by molar-refractivity contribution is 7.99. The Hall–Kier alpha value is -1.69. The van der Waals surface area contributed by atoms with E-state index in [0.29, 0.717) is 34.5 Å². The van der Waals surface area contributed by atoms with E-state index in [1.54, 1.807) is 34.9 Å². The van der Waals surface area contributed by atoms with Crippen molar-refractivity contribution in [2.24, 2.45) is 5.92 Å². The highest BCUT2D eigenvalue weighted by Gasteiger charge is 2.29. The average Bonchev–Trinajstić information content (AvgIpc) is 2.75. The van der Waals surface area contributed by atoms with Gasteiger partial charge in [0.25, 0.3) is 0 Å². The van der Waals surface area contributed by atoms with Gasteiger partial charge in [-0.1, -0.05) is 74.3 Å². The SMILES string of the molecule is CC[C@H](C(=O)NCC(C)C)N(Cc1c(Cl)cccc1Cl)C(=O)CSCc1ccccc1C. The van der Waals surface area contributed by atoms with Crippen molar-refractivity contribution in [3.8, 4) is 0 Å². The molecule has 0 aliphatic rings. The topological polar surface area (TPSA) is 49.4 Å². The van der Waals surface area contributed by atoms with E-state index in [-0.39, 0.29) is 24.1 Å². The van der Waals surface area contributed by atoms with Crippen LogP contribution in [-0.2, 0) is 21.9 Å². The van der Waals surface area contributed by atoms with Crippen molar-refractivity contribution in [1.82, 2.24) is 10.2 Å². The van der Waals surface area contributed by atoms with E-state index in [2.05, 4.69) is 24.4 Å². The van der Waals surface area contributed by atoms with Crippen molar-refractivity contribution in [3.63, 3.8) is 0 Å². The van der Waals surface area contributed by atoms with Gasteiger partial charge in [-0.05, 0) is 42.5 Å². The Bertz CT molecular complexity index is 900. The van der Waals surface area contributed by atoms with Crippen LogP contribution in [0.2, 0.25) is 10.0 Å². The smallest absolute Gasteiger partial charge is 0.242 e. The molecule has 174 valence electrons. The number of benzene rings is 2. The van der Waals surface area contributed by atoms with E-state index < -0.39 is 6.04 Å². The third-order valence-corrected chi connectivity index (χ3v) is 6.88. The minimum absolute atomic E-state index is 0.105. The summed E-state index contributed by atoms with van der Waals surface area (Å²) in [5.74, 6) is 1.07. The second kappa shape index (κ2) is 13.1. The van der Waals surface area contributed by atoms with Crippen LogP contribution < -0.4 is 5.32 Å². The van der Waals surface area contributed by atoms with Crippen molar-refractivity contribution in [3.05, 3.63) is 69.2 Å². The van der Waals surface area contributed by atoms with Gasteiger partial charge in [-0.15, -0.1) is 11.8 Å². The molecule has 0 heterocycles. The Labute approximate surface area is 206 Å². The number of carbonyl (C=O) groups is 2. The van der Waals surface area contributed by atoms with Crippen LogP contribution in [0.3, 0.4) is 0 Å². The highest BCUT2D eigenvalue weighted by atomic mass is 35.5. The minimum Gasteiger partial charge on any atom is -0.354 e. The lowest BCUT2D eigenvalue weighted by molar-refractivity contribution is -0.139. The molecule has 0 saturated heterocycles. The molecule has 0 fully saturated rings. The summed E-state index contributed by atoms with van der Waals surface area (Å²) in [6.07, 6.45) is 0.500. The fourth-order valence-electron chi connectivity index (χ4n) is 3.30. The molecule has 0 aliphatic carbocycles. The maximum Gasteiger partial charge on any atom is 0.242 e. The van der Waals surface area contributed by atoms with Gasteiger partial charge in [0.2, 0.25) is 11.8 Å². The van der Waals surface area contributed by atoms with E-state index in [1.165, 1.54) is 11.1 Å². The zero-order chi connectivity index (χ0) is 23.7. The number of nitrogens with one attached hydrogen (secondary N) is 1. The number of carbonyl (C=O) groups excluding carboxylic acids is 2. The average molecular weight is 496 g/mol. The predicted octanol–water partition coefficient (Wildman–Crippen LogP) is 6.11. The molecule has 1 N–H and O–H groups in total. The van der Waals surface area contributed by atoms with Gasteiger partial charge in [0, 0.05) is 34.5 Å². The largest absolute Gasteiger partial charge is 0.354 e. The lowest BCUT2D eigenvalue weighted by Crippen LogP contribution is -2.50. The number of amides is 2. The van der Waals surface area contributed by atoms with Crippen LogP contribution in [0, 0.1) is 12.8 Å². The van der Waals surface area contributed by atoms with Crippen molar-refractivity contribution in [2.75, 3.05) is 12.3 Å². The molecule has 2 amide bonds. The van der Waals surface area contributed by atoms with Crippen LogP contribution in [0.4, 0.5) is 0 Å². The number of nitrogens with zero attached hydrogens (tertiary/aromatic N) is 1. The Morgan fingerprint density at radius 1 is 1.06 bits per heavy atom. The first kappa shape index (κ1) is 26.6. The number of halogens is 2. The summed E-state index contributed by atoms with van der Waals surface area (Å²) in [4.78, 5) is 27.9. The third-order valence-electron chi connectivity index (χ3n) is 5.20. The zero-order valence-electron chi connectivity index (χ0n) is 19.2. The molecule has 2 aromatic rings. The molecule has 0 aliphatic heterocycles. The summed E-state index contributed by atoms with van der Waals surface area (Å²) in [6.45, 7) is 8.80. The van der Waals surface area contributed by atoms with E-state index in [1.807, 2.05) is 32.9 Å². The lowest BCUT2D eigenvalue weighted by atomic mass is 10.1. The first-order valence-corrected chi connectivity index (χ1v) is 12.8. The van der Waals surface area contributed by atoms with Crippen LogP contribution in [0.5, 0.6) is 0 Å². The van der Waals surface area contributed by atoms with Crippen LogP contribution in [0.15, 0.2) is 42.5 Å². The molecule has 2 rings (SSSR count). The van der Waals surface area contributed by atoms with Gasteiger partial charge in [0.05, 0.1) is 5.75 Å². The molecule has 7 heteroatoms. The quantitative estimate of drug-likeness (QED) is 0.409. The summed E-state index contributed by atoms with van der Waals surface area (Å²) < 4.78 is 0. The zero-order valence-corrected chi connectivity index (χ0v) is 21.5. The fourth-order valence-corrected chi connectivity index (χ4v) is 4.80. The maximum absolute atomic E-state index is 13.3. The molecule has 0 aromatic heterocycles. The third kappa shape index (κ3) is 7.72. The molecule has 32 heavy (non-hydrogen) atoms. The van der Waals surface area contributed by atoms with E-state index in [9.17, 15) is 9.59 Å². The van der Waals surface area contributed by atoms with Gasteiger partial charge < -0.3 is 10.2 Å². The molecule has 0 radical (unpaired) electrons. The second-order valence-corrected chi connectivity index (χ2v) is 10.0. The normalized spacial score (nSPS) is 12.0. The Morgan fingerprint density at radius 3 is 2.31 bits per heavy atom. The summed E-state index contributed by atoms with van der Waals surface area (Å²) in [5.41, 5.74) is 3.06. The molecule has 0 bridgehead atoms. The van der Waals surface area contributed by atoms with Gasteiger partial charge in [0.15, 0.2) is 0 Å². The lowest BCUT2D eigenvalue weighted by Gasteiger charge is -2.31. The summed E-state index contributed by atoms with van der Waals surface area (Å²) in [5, 5.41) is 3.94. The van der Waals surface area contributed by atoms with Crippen molar-refractivity contribution < 1.29 is 9.59 Å². The van der Waals surface area contributed by atoms with Crippen molar-refractivity contribution >= 4 is 46.8 Å². The minimum atomic E-state index is -0.590. The van der Waals surface area contributed by atoms with Crippen molar-refractivity contribution in [1.29, 1.82) is 0 Å². The number of hydrogen-bond acceptors (Lipinski definition) is 3. The molecule has 2 aromatic carbocycles. The molecule has 0 saturated carbocycles. The second-order valence-electron chi connectivity index (χ2n) is 8.20. The fraction of sp³-hybridized carbons (Fsp3) is 0.440. The Morgan fingerprint density at radius 2 is 1.72 bits per heavy atom. The van der Waals surface area contributed by atoms with E-state index in [4.69, 9.17) is 23.2 Å². The van der Waals surface area contributed by atoms with Crippen LogP contribution in [0.1, 0.15) is 43.9 Å². The van der Waals surface area contributed by atoms with Gasteiger partial charge in [-0.25, -0.2) is 0 Å². The summed E-state index contributed by atoms with van der Waals surface area (Å²) >= 11 is 14.3. The summed E-state index contributed by atoms with van der Waals surface area (Å²) in [6, 6.07) is 12.8. The molecular formula is C25H32Cl2N2O2S. The van der Waals surface area contributed by atoms with Crippen LogP contribution >= 0.6 is 35.0 Å². The number of hydrogen-bond donors (Lipinski definition) is 1. The first-order chi connectivity index (χ1) is 15.2. The maximum atomic E-state index is 13.3. The number of aryl methyl sites for hydroxylation is 1. The monoisotopic (exact) mass is 494 g/mol. The van der Waals surface area contributed by atoms with Gasteiger partial charge >= 0.3 is 0 Å². The molecule has 1 atom stereocenters. The van der Waals surface area contributed by atoms with Crippen LogP contribution in [-0.4, -0.2) is 35.1 Å². The van der Waals surface area contributed by atoms with Gasteiger partial charge in [-0.2, -0.15) is 0 Å². The predicted molar refractivity (Wildman–Crippen MR) is 136 cm³/mol. The Balaban J connectivity index is 2.20. The van der Waals surface area contributed by atoms with Gasteiger partial charge in [0.1, 0.15) is 6.04 Å². The molecule has 0 spiro atoms. The highest BCUT2D eigenvalue weighted by Crippen LogP contribution is 2.27. The number of rotatable bonds is 11. The standard InChI is InChI=1S/C25H32Cl2N2O2S/c1-5-23(25(31)28-13-17(2)3)29(14-20-21(26)11-8-12-22(20)27)24(30)16-32-15-19-10-7-6-9-18(19)4/h6-12,17,23H,5,13-16H2,1-4H3,(H,28,31)/t23-/m1/s1. The molecule has 4 nitrogen and oxygen atoms in total. The molecular weight excluding hydrogens is 463 g/mol. The summed E-state index contributed by atoms with van der Waals surface area (Å²) in [7, 11) is 0. The van der Waals surface area contributed by atoms with E-state index >= 15 is 0 Å². The van der Waals surface area contributed by atoms with E-state index in [0.717, 1.165) is 5.75 Å². The van der Waals surface area contributed by atoms with Gasteiger partial charge in [-0.3, -0.25) is 9.59 Å². The van der Waals surface area contributed by atoms with Crippen LogP contribution in [0.25, 0.3) is 0 Å². The first-order valence-electron chi connectivity index (χ1n) is 10.9. The molecule has 0 unspecified atom stereocenters. The number of thioether (sulfide) groups is 1. The Kier molecular flexibility index (Phi) is 10.9.